The van der Waals surface area contributed by atoms with E-state index < -0.39 is 0 Å². The first kappa shape index (κ1) is 21.2. The van der Waals surface area contributed by atoms with Crippen molar-refractivity contribution in [3.8, 4) is 11.1 Å². The van der Waals surface area contributed by atoms with Crippen LogP contribution in [0.2, 0.25) is 0 Å². The number of allylic oxidation sites excluding steroid dienone is 8. The molecule has 1 heteroatoms. The summed E-state index contributed by atoms with van der Waals surface area (Å²) in [6, 6.07) is 31.9. The fourth-order valence-corrected chi connectivity index (χ4v) is 7.64. The lowest BCUT2D eigenvalue weighted by Gasteiger charge is -2.34. The fraction of sp³-hybridized carbons (Fsp3) is 0.111. The van der Waals surface area contributed by atoms with Crippen LogP contribution in [0.3, 0.4) is 0 Å². The van der Waals surface area contributed by atoms with Gasteiger partial charge >= 0.3 is 0 Å². The van der Waals surface area contributed by atoms with E-state index in [1.807, 2.05) is 11.3 Å². The van der Waals surface area contributed by atoms with Crippen molar-refractivity contribution in [1.29, 1.82) is 0 Å². The standard InChI is InChI=1S/C36H26S/c1-2-9-29-27(7-1)28-8-3-4-10-30(28)33-21-25(17-19-31(29)33)23-13-15-24(16-14-23)26-18-20-36-34(22-26)32-11-5-6-12-35(32)37-36/h1-15,17-22,24,27,29H,16H2. The minimum atomic E-state index is 0.421. The molecule has 0 bridgehead atoms. The van der Waals surface area contributed by atoms with E-state index in [2.05, 4.69) is 127 Å². The van der Waals surface area contributed by atoms with Gasteiger partial charge in [0, 0.05) is 37.9 Å². The highest BCUT2D eigenvalue weighted by Gasteiger charge is 2.31. The fourth-order valence-electron chi connectivity index (χ4n) is 6.55. The molecule has 0 spiro atoms. The highest BCUT2D eigenvalue weighted by molar-refractivity contribution is 7.25. The highest BCUT2D eigenvalue weighted by Crippen LogP contribution is 2.50. The van der Waals surface area contributed by atoms with E-state index >= 15 is 0 Å². The third kappa shape index (κ3) is 3.35. The minimum Gasteiger partial charge on any atom is -0.135 e. The Morgan fingerprint density at radius 2 is 1.41 bits per heavy atom. The molecule has 0 amide bonds. The quantitative estimate of drug-likeness (QED) is 0.231. The maximum atomic E-state index is 2.43. The van der Waals surface area contributed by atoms with Crippen LogP contribution in [0.1, 0.15) is 46.4 Å². The summed E-state index contributed by atoms with van der Waals surface area (Å²) >= 11 is 1.89. The second kappa shape index (κ2) is 8.30. The second-order valence-corrected chi connectivity index (χ2v) is 11.5. The van der Waals surface area contributed by atoms with Crippen LogP contribution in [0.4, 0.5) is 0 Å². The van der Waals surface area contributed by atoms with Gasteiger partial charge in [-0.3, -0.25) is 0 Å². The number of hydrogen-bond donors (Lipinski definition) is 0. The van der Waals surface area contributed by atoms with Gasteiger partial charge in [0.15, 0.2) is 0 Å². The molecule has 176 valence electrons. The lowest BCUT2D eigenvalue weighted by atomic mass is 9.69. The minimum absolute atomic E-state index is 0.421. The molecule has 37 heavy (non-hydrogen) atoms. The molecule has 4 aromatic carbocycles. The van der Waals surface area contributed by atoms with Crippen LogP contribution in [-0.2, 0) is 0 Å². The maximum absolute atomic E-state index is 2.43. The monoisotopic (exact) mass is 490 g/mol. The van der Waals surface area contributed by atoms with E-state index in [1.165, 1.54) is 59.1 Å². The van der Waals surface area contributed by atoms with E-state index in [0.717, 1.165) is 6.42 Å². The molecule has 3 aliphatic rings. The zero-order valence-electron chi connectivity index (χ0n) is 20.5. The van der Waals surface area contributed by atoms with Crippen molar-refractivity contribution in [2.45, 2.75) is 24.2 Å². The molecule has 0 nitrogen and oxygen atoms in total. The molecule has 0 fully saturated rings. The number of rotatable bonds is 2. The van der Waals surface area contributed by atoms with E-state index in [-0.39, 0.29) is 0 Å². The zero-order valence-corrected chi connectivity index (χ0v) is 21.3. The Hall–Kier alpha value is -3.94. The SMILES string of the molecule is C1=CC2c3ccccc3-c3cc(C4=CCC(c5ccc6sc7ccccc7c6c5)C=C4)ccc3C2C=C1. The maximum Gasteiger partial charge on any atom is 0.0355 e. The molecular weight excluding hydrogens is 464 g/mol. The molecule has 1 aromatic heterocycles. The van der Waals surface area contributed by atoms with Crippen LogP contribution in [0, 0.1) is 0 Å². The van der Waals surface area contributed by atoms with Gasteiger partial charge in [-0.25, -0.2) is 0 Å². The molecule has 3 atom stereocenters. The summed E-state index contributed by atoms with van der Waals surface area (Å²) in [6.45, 7) is 0. The van der Waals surface area contributed by atoms with Gasteiger partial charge in [0.05, 0.1) is 0 Å². The van der Waals surface area contributed by atoms with Gasteiger partial charge in [0.25, 0.3) is 0 Å². The summed E-state index contributed by atoms with van der Waals surface area (Å²) < 4.78 is 2.75. The summed E-state index contributed by atoms with van der Waals surface area (Å²) in [5, 5.41) is 2.76. The number of thiophene rings is 1. The average Bonchev–Trinajstić information content (AvgIpc) is 3.35. The van der Waals surface area contributed by atoms with E-state index in [0.29, 0.717) is 17.8 Å². The van der Waals surface area contributed by atoms with Gasteiger partial charge in [0.2, 0.25) is 0 Å². The molecule has 0 saturated carbocycles. The highest BCUT2D eigenvalue weighted by atomic mass is 32.1. The van der Waals surface area contributed by atoms with Gasteiger partial charge in [-0.05, 0) is 69.6 Å². The van der Waals surface area contributed by atoms with Crippen molar-refractivity contribution >= 4 is 37.1 Å². The third-order valence-corrected chi connectivity index (χ3v) is 9.57. The summed E-state index contributed by atoms with van der Waals surface area (Å²) in [6.07, 6.45) is 17.4. The van der Waals surface area contributed by atoms with Crippen LogP contribution < -0.4 is 0 Å². The summed E-state index contributed by atoms with van der Waals surface area (Å²) in [7, 11) is 0. The Kier molecular flexibility index (Phi) is 4.75. The van der Waals surface area contributed by atoms with E-state index in [1.54, 1.807) is 0 Å². The molecule has 0 aliphatic heterocycles. The molecule has 3 aliphatic carbocycles. The molecule has 0 radical (unpaired) electrons. The number of hydrogen-bond acceptors (Lipinski definition) is 1. The van der Waals surface area contributed by atoms with Gasteiger partial charge in [0.1, 0.15) is 0 Å². The van der Waals surface area contributed by atoms with Crippen LogP contribution in [0.5, 0.6) is 0 Å². The van der Waals surface area contributed by atoms with Crippen molar-refractivity contribution in [3.05, 3.63) is 150 Å². The lowest BCUT2D eigenvalue weighted by molar-refractivity contribution is 0.720. The topological polar surface area (TPSA) is 0 Å². The predicted octanol–water partition coefficient (Wildman–Crippen LogP) is 10.2. The van der Waals surface area contributed by atoms with Crippen molar-refractivity contribution in [1.82, 2.24) is 0 Å². The zero-order chi connectivity index (χ0) is 24.3. The van der Waals surface area contributed by atoms with Gasteiger partial charge in [-0.1, -0.05) is 103 Å². The first-order valence-corrected chi connectivity index (χ1v) is 14.0. The Balaban J connectivity index is 1.13. The summed E-state index contributed by atoms with van der Waals surface area (Å²) in [5.41, 5.74) is 9.72. The molecule has 8 rings (SSSR count). The van der Waals surface area contributed by atoms with Crippen LogP contribution in [-0.4, -0.2) is 0 Å². The molecular formula is C36H26S. The van der Waals surface area contributed by atoms with E-state index in [4.69, 9.17) is 0 Å². The normalized spacial score (nSPS) is 21.5. The third-order valence-electron chi connectivity index (χ3n) is 8.42. The lowest BCUT2D eigenvalue weighted by Crippen LogP contribution is -2.16. The Morgan fingerprint density at radius 3 is 2.27 bits per heavy atom. The summed E-state index contributed by atoms with van der Waals surface area (Å²) in [4.78, 5) is 0. The molecule has 0 N–H and O–H groups in total. The number of benzene rings is 4. The van der Waals surface area contributed by atoms with Crippen molar-refractivity contribution < 1.29 is 0 Å². The molecule has 3 unspecified atom stereocenters. The van der Waals surface area contributed by atoms with Crippen LogP contribution >= 0.6 is 11.3 Å². The first-order chi connectivity index (χ1) is 18.3. The van der Waals surface area contributed by atoms with Crippen molar-refractivity contribution in [2.75, 3.05) is 0 Å². The van der Waals surface area contributed by atoms with E-state index in [9.17, 15) is 0 Å². The predicted molar refractivity (Wildman–Crippen MR) is 159 cm³/mol. The molecule has 5 aromatic rings. The van der Waals surface area contributed by atoms with Crippen LogP contribution in [0.25, 0.3) is 36.9 Å². The average molecular weight is 491 g/mol. The Labute approximate surface area is 221 Å². The summed E-state index contributed by atoms with van der Waals surface area (Å²) in [5.74, 6) is 1.28. The van der Waals surface area contributed by atoms with Gasteiger partial charge in [-0.15, -0.1) is 11.3 Å². The van der Waals surface area contributed by atoms with Gasteiger partial charge < -0.3 is 0 Å². The van der Waals surface area contributed by atoms with Crippen molar-refractivity contribution in [3.63, 3.8) is 0 Å². The largest absolute Gasteiger partial charge is 0.135 e. The number of fused-ring (bicyclic) bond motifs is 9. The molecule has 1 heterocycles. The van der Waals surface area contributed by atoms with Gasteiger partial charge in [-0.2, -0.15) is 0 Å². The van der Waals surface area contributed by atoms with Crippen molar-refractivity contribution in [2.24, 2.45) is 0 Å². The Bertz CT molecular complexity index is 1820. The first-order valence-electron chi connectivity index (χ1n) is 13.2. The van der Waals surface area contributed by atoms with Crippen LogP contribution in [0.15, 0.2) is 127 Å². The second-order valence-electron chi connectivity index (χ2n) is 10.4. The smallest absolute Gasteiger partial charge is 0.0355 e. The Morgan fingerprint density at radius 1 is 0.622 bits per heavy atom. The molecule has 0 saturated heterocycles.